The number of hydrogen-bond acceptors (Lipinski definition) is 2. The third kappa shape index (κ3) is 2.93. The van der Waals surface area contributed by atoms with Crippen molar-refractivity contribution in [3.63, 3.8) is 0 Å². The fraction of sp³-hybridized carbons (Fsp3) is 0.167. The van der Waals surface area contributed by atoms with Crippen LogP contribution in [-0.4, -0.2) is 18.3 Å². The molecule has 0 unspecified atom stereocenters. The lowest BCUT2D eigenvalue weighted by molar-refractivity contribution is 0.202. The van der Waals surface area contributed by atoms with Gasteiger partial charge in [0.2, 0.25) is 0 Å². The summed E-state index contributed by atoms with van der Waals surface area (Å²) in [5.74, 6) is 0.809. The Kier molecular flexibility index (Phi) is 4.36. The highest BCUT2D eigenvalue weighted by molar-refractivity contribution is 6.07. The van der Waals surface area contributed by atoms with Gasteiger partial charge in [0.1, 0.15) is 12.4 Å². The monoisotopic (exact) mass is 342 g/mol. The fourth-order valence-electron chi connectivity index (χ4n) is 3.60. The molecule has 0 aliphatic heterocycles. The molecule has 0 spiro atoms. The molecule has 130 valence electrons. The van der Waals surface area contributed by atoms with Crippen LogP contribution >= 0.6 is 0 Å². The van der Waals surface area contributed by atoms with Gasteiger partial charge < -0.3 is 9.84 Å². The number of rotatable bonds is 4. The van der Waals surface area contributed by atoms with Crippen molar-refractivity contribution < 1.29 is 9.84 Å². The highest BCUT2D eigenvalue weighted by Crippen LogP contribution is 2.40. The molecular weight excluding hydrogens is 320 g/mol. The number of aliphatic hydroxyl groups is 1. The van der Waals surface area contributed by atoms with E-state index in [4.69, 9.17) is 4.74 Å². The molecule has 26 heavy (non-hydrogen) atoms. The van der Waals surface area contributed by atoms with Crippen LogP contribution in [0.15, 0.2) is 66.7 Å². The van der Waals surface area contributed by atoms with Gasteiger partial charge in [-0.2, -0.15) is 0 Å². The molecule has 1 N–H and O–H groups in total. The molecule has 0 aliphatic carbocycles. The summed E-state index contributed by atoms with van der Waals surface area (Å²) < 4.78 is 5.90. The average Bonchev–Trinajstić information content (AvgIpc) is 2.65. The zero-order valence-electron chi connectivity index (χ0n) is 15.1. The Bertz CT molecular complexity index is 1100. The second-order valence-electron chi connectivity index (χ2n) is 6.77. The van der Waals surface area contributed by atoms with Gasteiger partial charge >= 0.3 is 0 Å². The zero-order valence-corrected chi connectivity index (χ0v) is 15.1. The van der Waals surface area contributed by atoms with Crippen LogP contribution < -0.4 is 4.74 Å². The average molecular weight is 342 g/mol. The van der Waals surface area contributed by atoms with Crippen LogP contribution in [0.5, 0.6) is 5.75 Å². The summed E-state index contributed by atoms with van der Waals surface area (Å²) in [6.07, 6.45) is 0. The molecule has 2 heteroatoms. The summed E-state index contributed by atoms with van der Waals surface area (Å²) in [6.45, 7) is 4.51. The largest absolute Gasteiger partial charge is 0.491 e. The summed E-state index contributed by atoms with van der Waals surface area (Å²) in [5, 5.41) is 14.0. The van der Waals surface area contributed by atoms with Gasteiger partial charge in [0.05, 0.1) is 6.61 Å². The van der Waals surface area contributed by atoms with Gasteiger partial charge in [-0.25, -0.2) is 0 Å². The number of hydrogen-bond donors (Lipinski definition) is 1. The maximum Gasteiger partial charge on any atom is 0.127 e. The molecule has 0 radical (unpaired) electrons. The van der Waals surface area contributed by atoms with Crippen LogP contribution in [-0.2, 0) is 0 Å². The van der Waals surface area contributed by atoms with Gasteiger partial charge in [-0.05, 0) is 47.0 Å². The molecule has 4 aromatic rings. The van der Waals surface area contributed by atoms with E-state index in [1.807, 2.05) is 6.07 Å². The zero-order chi connectivity index (χ0) is 18.1. The number of aryl methyl sites for hydroxylation is 2. The Balaban J connectivity index is 2.06. The quantitative estimate of drug-likeness (QED) is 0.519. The normalized spacial score (nSPS) is 11.2. The van der Waals surface area contributed by atoms with E-state index < -0.39 is 0 Å². The predicted molar refractivity (Wildman–Crippen MR) is 109 cm³/mol. The van der Waals surface area contributed by atoms with Crippen molar-refractivity contribution >= 4 is 21.5 Å². The number of aliphatic hydroxyl groups excluding tert-OH is 1. The van der Waals surface area contributed by atoms with Crippen molar-refractivity contribution in [3.05, 3.63) is 77.9 Å². The Labute approximate surface area is 153 Å². The minimum Gasteiger partial charge on any atom is -0.491 e. The van der Waals surface area contributed by atoms with E-state index in [9.17, 15) is 5.11 Å². The van der Waals surface area contributed by atoms with E-state index in [1.54, 1.807) is 0 Å². The Morgan fingerprint density at radius 3 is 2.19 bits per heavy atom. The van der Waals surface area contributed by atoms with Crippen molar-refractivity contribution in [2.45, 2.75) is 13.8 Å². The minimum absolute atomic E-state index is 0.000106. The maximum atomic E-state index is 9.22. The van der Waals surface area contributed by atoms with E-state index in [0.717, 1.165) is 16.9 Å². The molecule has 0 bridgehead atoms. The standard InChI is InChI=1S/C24H22O2/c1-16-6-9-20-18(14-16)4-3-5-22(20)24-21-10-7-17(2)15-19(21)8-11-23(24)26-13-12-25/h3-11,14-15,25H,12-13H2,1-2H3. The van der Waals surface area contributed by atoms with Gasteiger partial charge in [-0.1, -0.05) is 71.8 Å². The molecule has 2 nitrogen and oxygen atoms in total. The number of fused-ring (bicyclic) bond motifs is 2. The second kappa shape index (κ2) is 6.81. The van der Waals surface area contributed by atoms with Gasteiger partial charge in [0, 0.05) is 5.56 Å². The maximum absolute atomic E-state index is 9.22. The molecule has 4 aromatic carbocycles. The van der Waals surface area contributed by atoms with Gasteiger partial charge in [0.15, 0.2) is 0 Å². The Hall–Kier alpha value is -2.84. The Morgan fingerprint density at radius 1 is 0.769 bits per heavy atom. The first-order valence-corrected chi connectivity index (χ1v) is 8.94. The van der Waals surface area contributed by atoms with Gasteiger partial charge in [-0.3, -0.25) is 0 Å². The molecule has 0 heterocycles. The molecule has 0 saturated carbocycles. The van der Waals surface area contributed by atoms with Gasteiger partial charge in [0.25, 0.3) is 0 Å². The van der Waals surface area contributed by atoms with E-state index in [1.165, 1.54) is 32.7 Å². The first-order valence-electron chi connectivity index (χ1n) is 8.94. The van der Waals surface area contributed by atoms with E-state index in [2.05, 4.69) is 74.5 Å². The predicted octanol–water partition coefficient (Wildman–Crippen LogP) is 5.65. The third-order valence-corrected chi connectivity index (χ3v) is 4.79. The van der Waals surface area contributed by atoms with Crippen LogP contribution in [0.3, 0.4) is 0 Å². The summed E-state index contributed by atoms with van der Waals surface area (Å²) in [5.41, 5.74) is 4.73. The number of benzene rings is 4. The summed E-state index contributed by atoms with van der Waals surface area (Å²) in [4.78, 5) is 0. The molecule has 4 rings (SSSR count). The van der Waals surface area contributed by atoms with Crippen molar-refractivity contribution in [2.24, 2.45) is 0 Å². The van der Waals surface area contributed by atoms with Crippen LogP contribution in [0.1, 0.15) is 11.1 Å². The molecule has 0 saturated heterocycles. The highest BCUT2D eigenvalue weighted by atomic mass is 16.5. The minimum atomic E-state index is 0.000106. The number of ether oxygens (including phenoxy) is 1. The van der Waals surface area contributed by atoms with E-state index in [-0.39, 0.29) is 13.2 Å². The molecule has 0 aliphatic rings. The fourth-order valence-corrected chi connectivity index (χ4v) is 3.60. The van der Waals surface area contributed by atoms with Gasteiger partial charge in [-0.15, -0.1) is 0 Å². The van der Waals surface area contributed by atoms with E-state index in [0.29, 0.717) is 0 Å². The van der Waals surface area contributed by atoms with Crippen LogP contribution in [0, 0.1) is 13.8 Å². The molecule has 0 amide bonds. The first-order chi connectivity index (χ1) is 12.7. The molecule has 0 aromatic heterocycles. The van der Waals surface area contributed by atoms with Crippen molar-refractivity contribution in [1.29, 1.82) is 0 Å². The Morgan fingerprint density at radius 2 is 1.46 bits per heavy atom. The topological polar surface area (TPSA) is 29.5 Å². The summed E-state index contributed by atoms with van der Waals surface area (Å²) in [6, 6.07) is 23.5. The van der Waals surface area contributed by atoms with E-state index >= 15 is 0 Å². The third-order valence-electron chi connectivity index (χ3n) is 4.79. The van der Waals surface area contributed by atoms with Crippen molar-refractivity contribution in [1.82, 2.24) is 0 Å². The lowest BCUT2D eigenvalue weighted by Gasteiger charge is -2.16. The smallest absolute Gasteiger partial charge is 0.127 e. The van der Waals surface area contributed by atoms with Crippen molar-refractivity contribution in [2.75, 3.05) is 13.2 Å². The van der Waals surface area contributed by atoms with Crippen LogP contribution in [0.4, 0.5) is 0 Å². The molecule has 0 fully saturated rings. The highest BCUT2D eigenvalue weighted by Gasteiger charge is 2.14. The molecular formula is C24H22O2. The SMILES string of the molecule is Cc1ccc2c(-c3c(OCCO)ccc4cc(C)ccc34)cccc2c1. The van der Waals surface area contributed by atoms with Crippen LogP contribution in [0.2, 0.25) is 0 Å². The second-order valence-corrected chi connectivity index (χ2v) is 6.77. The van der Waals surface area contributed by atoms with Crippen molar-refractivity contribution in [3.8, 4) is 16.9 Å². The lowest BCUT2D eigenvalue weighted by atomic mass is 9.92. The lowest BCUT2D eigenvalue weighted by Crippen LogP contribution is -2.03. The summed E-state index contributed by atoms with van der Waals surface area (Å²) in [7, 11) is 0. The first kappa shape index (κ1) is 16.6. The molecule has 0 atom stereocenters. The summed E-state index contributed by atoms with van der Waals surface area (Å²) >= 11 is 0. The van der Waals surface area contributed by atoms with Crippen LogP contribution in [0.25, 0.3) is 32.7 Å².